The molecule has 1 atom stereocenters. The van der Waals surface area contributed by atoms with E-state index in [1.54, 1.807) is 18.7 Å². The first-order valence-electron chi connectivity index (χ1n) is 11.4. The number of furan rings is 1. The van der Waals surface area contributed by atoms with Crippen molar-refractivity contribution in [2.75, 3.05) is 30.0 Å². The second-order valence-electron chi connectivity index (χ2n) is 8.01. The molecule has 1 aliphatic heterocycles. The number of carbonyl (C=O) groups excluding carboxylic acids is 4. The van der Waals surface area contributed by atoms with Crippen molar-refractivity contribution in [3.8, 4) is 0 Å². The Bertz CT molecular complexity index is 1120. The highest BCUT2D eigenvalue weighted by Gasteiger charge is 2.38. The van der Waals surface area contributed by atoms with Crippen LogP contribution in [0.1, 0.15) is 64.8 Å². The number of nitrogens with one attached hydrogen (secondary N) is 1. The first-order chi connectivity index (χ1) is 16.2. The zero-order valence-electron chi connectivity index (χ0n) is 20.1. The third kappa shape index (κ3) is 4.83. The van der Waals surface area contributed by atoms with E-state index in [9.17, 15) is 19.2 Å². The number of esters is 2. The number of carbonyl (C=O) groups is 4. The fourth-order valence-corrected chi connectivity index (χ4v) is 4.18. The zero-order valence-corrected chi connectivity index (χ0v) is 20.1. The van der Waals surface area contributed by atoms with E-state index in [-0.39, 0.29) is 54.9 Å². The molecule has 1 aliphatic rings. The molecule has 0 aliphatic carbocycles. The molecule has 182 valence electrons. The molecule has 9 nitrogen and oxygen atoms in total. The normalized spacial score (nSPS) is 15.4. The topological polar surface area (TPSA) is 115 Å². The summed E-state index contributed by atoms with van der Waals surface area (Å²) in [5, 5.41) is 2.59. The number of anilines is 2. The molecule has 1 aromatic heterocycles. The molecule has 9 heteroatoms. The van der Waals surface area contributed by atoms with Gasteiger partial charge in [-0.2, -0.15) is 0 Å². The Morgan fingerprint density at radius 1 is 1.06 bits per heavy atom. The minimum absolute atomic E-state index is 0.0164. The number of hydrogen-bond acceptors (Lipinski definition) is 7. The molecule has 2 aromatic rings. The average molecular weight is 471 g/mol. The van der Waals surface area contributed by atoms with E-state index in [2.05, 4.69) is 5.32 Å². The van der Waals surface area contributed by atoms with Gasteiger partial charge < -0.3 is 18.8 Å². The SMILES string of the molecule is CCOC(=O)c1c(C)oc(NC(=O)C2CC(=O)N(c3c(C)cccc3CC)C2)c1C(=O)OCC. The third-order valence-electron chi connectivity index (χ3n) is 5.75. The van der Waals surface area contributed by atoms with Crippen LogP contribution in [0, 0.1) is 19.8 Å². The van der Waals surface area contributed by atoms with Crippen molar-refractivity contribution >= 4 is 35.3 Å². The number of amides is 2. The van der Waals surface area contributed by atoms with Gasteiger partial charge in [-0.15, -0.1) is 0 Å². The Balaban J connectivity index is 1.88. The first kappa shape index (κ1) is 25.0. The maximum absolute atomic E-state index is 13.1. The summed E-state index contributed by atoms with van der Waals surface area (Å²) in [5.41, 5.74) is 2.53. The van der Waals surface area contributed by atoms with Crippen molar-refractivity contribution in [2.45, 2.75) is 47.5 Å². The number of aryl methyl sites for hydroxylation is 3. The fourth-order valence-electron chi connectivity index (χ4n) is 4.18. The lowest BCUT2D eigenvalue weighted by atomic mass is 10.0. The Kier molecular flexibility index (Phi) is 7.75. The van der Waals surface area contributed by atoms with Crippen LogP contribution >= 0.6 is 0 Å². The smallest absolute Gasteiger partial charge is 0.344 e. The van der Waals surface area contributed by atoms with Crippen LogP contribution in [0.25, 0.3) is 0 Å². The van der Waals surface area contributed by atoms with E-state index in [0.717, 1.165) is 23.2 Å². The Labute approximate surface area is 198 Å². The summed E-state index contributed by atoms with van der Waals surface area (Å²) in [5.74, 6) is -2.94. The van der Waals surface area contributed by atoms with Gasteiger partial charge in [-0.05, 0) is 45.2 Å². The molecule has 1 saturated heterocycles. The van der Waals surface area contributed by atoms with Crippen LogP contribution in [-0.4, -0.2) is 43.5 Å². The van der Waals surface area contributed by atoms with Gasteiger partial charge in [0, 0.05) is 18.7 Å². The molecule has 3 rings (SSSR count). The van der Waals surface area contributed by atoms with Crippen LogP contribution in [0.2, 0.25) is 0 Å². The van der Waals surface area contributed by atoms with Gasteiger partial charge in [-0.25, -0.2) is 9.59 Å². The predicted octanol–water partition coefficient (Wildman–Crippen LogP) is 3.80. The highest BCUT2D eigenvalue weighted by atomic mass is 16.5. The van der Waals surface area contributed by atoms with Crippen LogP contribution in [0.3, 0.4) is 0 Å². The number of ether oxygens (including phenoxy) is 2. The summed E-state index contributed by atoms with van der Waals surface area (Å²) >= 11 is 0. The molecule has 1 N–H and O–H groups in total. The second kappa shape index (κ2) is 10.5. The Hall–Kier alpha value is -3.62. The summed E-state index contributed by atoms with van der Waals surface area (Å²) in [6.07, 6.45) is 0.769. The summed E-state index contributed by atoms with van der Waals surface area (Å²) in [6.45, 7) is 9.08. The van der Waals surface area contributed by atoms with Gasteiger partial charge in [0.15, 0.2) is 0 Å². The number of para-hydroxylation sites is 1. The minimum Gasteiger partial charge on any atom is -0.462 e. The van der Waals surface area contributed by atoms with E-state index in [1.165, 1.54) is 6.92 Å². The lowest BCUT2D eigenvalue weighted by Gasteiger charge is -2.22. The van der Waals surface area contributed by atoms with Crippen molar-refractivity contribution in [1.82, 2.24) is 0 Å². The van der Waals surface area contributed by atoms with Crippen molar-refractivity contribution in [3.63, 3.8) is 0 Å². The standard InChI is InChI=1S/C25H30N2O7/c1-6-16-11-9-10-14(4)21(16)27-13-17(12-18(27)28)22(29)26-23-20(25(31)33-8-3)19(15(5)34-23)24(30)32-7-2/h9-11,17H,6-8,12-13H2,1-5H3,(H,26,29). The van der Waals surface area contributed by atoms with Gasteiger partial charge >= 0.3 is 11.9 Å². The average Bonchev–Trinajstić information content (AvgIpc) is 3.33. The summed E-state index contributed by atoms with van der Waals surface area (Å²) in [4.78, 5) is 52.6. The predicted molar refractivity (Wildman–Crippen MR) is 125 cm³/mol. The molecule has 34 heavy (non-hydrogen) atoms. The number of benzene rings is 1. The van der Waals surface area contributed by atoms with Gasteiger partial charge in [0.05, 0.1) is 19.1 Å². The number of rotatable bonds is 8. The molecule has 0 bridgehead atoms. The Morgan fingerprint density at radius 2 is 1.71 bits per heavy atom. The van der Waals surface area contributed by atoms with E-state index < -0.39 is 23.8 Å². The van der Waals surface area contributed by atoms with Crippen LogP contribution in [0.4, 0.5) is 11.6 Å². The highest BCUT2D eigenvalue weighted by molar-refractivity contribution is 6.10. The molecule has 1 unspecified atom stereocenters. The van der Waals surface area contributed by atoms with Crippen LogP contribution < -0.4 is 10.2 Å². The second-order valence-corrected chi connectivity index (χ2v) is 8.01. The molecule has 1 fully saturated rings. The quantitative estimate of drug-likeness (QED) is 0.584. The molecule has 0 saturated carbocycles. The minimum atomic E-state index is -0.811. The zero-order chi connectivity index (χ0) is 25.0. The summed E-state index contributed by atoms with van der Waals surface area (Å²) in [6, 6.07) is 5.85. The molecule has 0 radical (unpaired) electrons. The largest absolute Gasteiger partial charge is 0.462 e. The first-order valence-corrected chi connectivity index (χ1v) is 11.4. The van der Waals surface area contributed by atoms with Crippen LogP contribution in [0.5, 0.6) is 0 Å². The third-order valence-corrected chi connectivity index (χ3v) is 5.75. The summed E-state index contributed by atoms with van der Waals surface area (Å²) < 4.78 is 15.7. The molecular formula is C25H30N2O7. The van der Waals surface area contributed by atoms with E-state index in [1.807, 2.05) is 32.0 Å². The van der Waals surface area contributed by atoms with Crippen LogP contribution in [-0.2, 0) is 25.5 Å². The van der Waals surface area contributed by atoms with Gasteiger partial charge in [-0.1, -0.05) is 25.1 Å². The Morgan fingerprint density at radius 3 is 2.32 bits per heavy atom. The van der Waals surface area contributed by atoms with Gasteiger partial charge in [0.25, 0.3) is 0 Å². The summed E-state index contributed by atoms with van der Waals surface area (Å²) in [7, 11) is 0. The van der Waals surface area contributed by atoms with E-state index >= 15 is 0 Å². The highest BCUT2D eigenvalue weighted by Crippen LogP contribution is 2.33. The van der Waals surface area contributed by atoms with Gasteiger partial charge in [0.1, 0.15) is 16.9 Å². The van der Waals surface area contributed by atoms with E-state index in [0.29, 0.717) is 0 Å². The maximum atomic E-state index is 13.1. The molecular weight excluding hydrogens is 440 g/mol. The molecule has 2 amide bonds. The monoisotopic (exact) mass is 470 g/mol. The van der Waals surface area contributed by atoms with E-state index in [4.69, 9.17) is 13.9 Å². The molecule has 2 heterocycles. The van der Waals surface area contributed by atoms with Crippen molar-refractivity contribution in [1.29, 1.82) is 0 Å². The van der Waals surface area contributed by atoms with Gasteiger partial charge in [0.2, 0.25) is 17.7 Å². The number of nitrogens with zero attached hydrogens (tertiary/aromatic N) is 1. The van der Waals surface area contributed by atoms with Crippen molar-refractivity contribution < 1.29 is 33.1 Å². The molecule has 1 aromatic carbocycles. The fraction of sp³-hybridized carbons (Fsp3) is 0.440. The number of hydrogen-bond donors (Lipinski definition) is 1. The lowest BCUT2D eigenvalue weighted by molar-refractivity contribution is -0.122. The van der Waals surface area contributed by atoms with Gasteiger partial charge in [-0.3, -0.25) is 14.9 Å². The van der Waals surface area contributed by atoms with Crippen LogP contribution in [0.15, 0.2) is 22.6 Å². The van der Waals surface area contributed by atoms with Crippen molar-refractivity contribution in [3.05, 3.63) is 46.2 Å². The molecule has 0 spiro atoms. The van der Waals surface area contributed by atoms with Crippen molar-refractivity contribution in [2.24, 2.45) is 5.92 Å². The lowest BCUT2D eigenvalue weighted by Crippen LogP contribution is -2.29. The maximum Gasteiger partial charge on any atom is 0.344 e.